The Morgan fingerprint density at radius 3 is 2.44 bits per heavy atom. The Hall–Kier alpha value is -1.52. The number of benzene rings is 1. The van der Waals surface area contributed by atoms with Crippen LogP contribution < -0.4 is 4.06 Å². The van der Waals surface area contributed by atoms with Crippen LogP contribution >= 0.6 is 22.7 Å². The molecule has 0 aliphatic heterocycles. The molecule has 16 heavy (non-hydrogen) atoms. The minimum Gasteiger partial charge on any atom is -0.265 e. The van der Waals surface area contributed by atoms with Crippen LogP contribution in [0.3, 0.4) is 0 Å². The van der Waals surface area contributed by atoms with E-state index in [-0.39, 0.29) is 4.06 Å². The third-order valence-corrected chi connectivity index (χ3v) is 4.44. The highest BCUT2D eigenvalue weighted by molar-refractivity contribution is 7.35. The summed E-state index contributed by atoms with van der Waals surface area (Å²) in [6, 6.07) is 10.0. The van der Waals surface area contributed by atoms with Gasteiger partial charge in [0.25, 0.3) is 4.06 Å². The van der Waals surface area contributed by atoms with Crippen LogP contribution in [-0.4, -0.2) is 4.98 Å². The zero-order chi connectivity index (χ0) is 11.0. The molecule has 4 heteroatoms. The summed E-state index contributed by atoms with van der Waals surface area (Å²) in [5.74, 6) is 0. The van der Waals surface area contributed by atoms with E-state index < -0.39 is 0 Å². The second-order valence-corrected chi connectivity index (χ2v) is 5.64. The van der Waals surface area contributed by atoms with Gasteiger partial charge in [0, 0.05) is 21.8 Å². The molecule has 78 valence electrons. The highest BCUT2D eigenvalue weighted by atomic mass is 32.2. The Labute approximate surface area is 99.8 Å². The summed E-state index contributed by atoms with van der Waals surface area (Å²) in [4.78, 5) is 15.3. The van der Waals surface area contributed by atoms with Crippen molar-refractivity contribution in [3.63, 3.8) is 0 Å². The predicted octanol–water partition coefficient (Wildman–Crippen LogP) is 3.39. The Bertz CT molecular complexity index is 685. The van der Waals surface area contributed by atoms with E-state index in [2.05, 4.69) is 11.1 Å². The van der Waals surface area contributed by atoms with Crippen molar-refractivity contribution in [3.05, 3.63) is 51.6 Å². The monoisotopic (exact) mass is 245 g/mol. The molecule has 3 aromatic rings. The van der Waals surface area contributed by atoms with E-state index in [1.165, 1.54) is 22.7 Å². The minimum atomic E-state index is 0.155. The van der Waals surface area contributed by atoms with E-state index in [4.69, 9.17) is 0 Å². The molecule has 2 heterocycles. The molecule has 0 amide bonds. The average Bonchev–Trinajstić information content (AvgIpc) is 2.69. The summed E-state index contributed by atoms with van der Waals surface area (Å²) in [6.07, 6.45) is 3.55. The maximum absolute atomic E-state index is 11.3. The van der Waals surface area contributed by atoms with Gasteiger partial charge in [0.05, 0.1) is 0 Å². The molecule has 0 saturated carbocycles. The third-order valence-electron chi connectivity index (χ3n) is 2.34. The first-order valence-electron chi connectivity index (χ1n) is 4.77. The number of hydrogen-bond donors (Lipinski definition) is 0. The maximum Gasteiger partial charge on any atom is 0.288 e. The Morgan fingerprint density at radius 2 is 1.62 bits per heavy atom. The molecule has 0 N–H and O–H groups in total. The van der Waals surface area contributed by atoms with Crippen LogP contribution in [0.4, 0.5) is 0 Å². The number of fused-ring (bicyclic) bond motifs is 1. The minimum absolute atomic E-state index is 0.155. The van der Waals surface area contributed by atoms with Gasteiger partial charge in [0.1, 0.15) is 0 Å². The van der Waals surface area contributed by atoms with Crippen molar-refractivity contribution in [3.8, 4) is 11.1 Å². The van der Waals surface area contributed by atoms with Crippen molar-refractivity contribution in [2.75, 3.05) is 0 Å². The first-order valence-corrected chi connectivity index (χ1v) is 6.40. The smallest absolute Gasteiger partial charge is 0.265 e. The van der Waals surface area contributed by atoms with E-state index in [1.807, 2.05) is 24.3 Å². The summed E-state index contributed by atoms with van der Waals surface area (Å²) < 4.78 is 2.28. The normalized spacial score (nSPS) is 10.8. The van der Waals surface area contributed by atoms with Crippen LogP contribution in [0.1, 0.15) is 0 Å². The number of nitrogens with zero attached hydrogens (tertiary/aromatic N) is 1. The molecule has 0 aliphatic carbocycles. The second kappa shape index (κ2) is 3.81. The zero-order valence-corrected chi connectivity index (χ0v) is 9.85. The molecule has 0 bridgehead atoms. The summed E-state index contributed by atoms with van der Waals surface area (Å²) in [5.41, 5.74) is 2.26. The molecule has 0 unspecified atom stereocenters. The quantitative estimate of drug-likeness (QED) is 0.658. The zero-order valence-electron chi connectivity index (χ0n) is 8.21. The highest BCUT2D eigenvalue weighted by Gasteiger charge is 2.02. The van der Waals surface area contributed by atoms with E-state index in [0.29, 0.717) is 0 Å². The van der Waals surface area contributed by atoms with Crippen LogP contribution in [-0.2, 0) is 0 Å². The van der Waals surface area contributed by atoms with Crippen LogP contribution in [0.2, 0.25) is 0 Å². The van der Waals surface area contributed by atoms with Gasteiger partial charge >= 0.3 is 0 Å². The highest BCUT2D eigenvalue weighted by Crippen LogP contribution is 2.27. The van der Waals surface area contributed by atoms with Crippen molar-refractivity contribution in [2.45, 2.75) is 0 Å². The molecule has 1 aromatic carbocycles. The topological polar surface area (TPSA) is 30.0 Å². The molecular formula is C12H7NOS2. The molecule has 0 radical (unpaired) electrons. The summed E-state index contributed by atoms with van der Waals surface area (Å²) in [6.45, 7) is 0. The van der Waals surface area contributed by atoms with Crippen LogP contribution in [0.25, 0.3) is 20.5 Å². The second-order valence-electron chi connectivity index (χ2n) is 3.35. The van der Waals surface area contributed by atoms with Gasteiger partial charge in [-0.2, -0.15) is 0 Å². The summed E-state index contributed by atoms with van der Waals surface area (Å²) in [7, 11) is 0. The number of rotatable bonds is 1. The molecule has 0 saturated heterocycles. The molecule has 0 aliphatic rings. The number of pyridine rings is 1. The third kappa shape index (κ3) is 1.66. The molecule has 2 nitrogen and oxygen atoms in total. The van der Waals surface area contributed by atoms with Gasteiger partial charge in [-0.1, -0.05) is 28.7 Å². The van der Waals surface area contributed by atoms with Crippen LogP contribution in [0, 0.1) is 0 Å². The van der Waals surface area contributed by atoms with Crippen molar-refractivity contribution < 1.29 is 0 Å². The average molecular weight is 245 g/mol. The van der Waals surface area contributed by atoms with E-state index in [9.17, 15) is 4.79 Å². The predicted molar refractivity (Wildman–Crippen MR) is 69.2 cm³/mol. The fraction of sp³-hybridized carbons (Fsp3) is 0. The van der Waals surface area contributed by atoms with Gasteiger partial charge in [0.15, 0.2) is 0 Å². The number of hydrogen-bond acceptors (Lipinski definition) is 4. The van der Waals surface area contributed by atoms with Gasteiger partial charge < -0.3 is 0 Å². The van der Waals surface area contributed by atoms with Gasteiger partial charge in [-0.05, 0) is 35.4 Å². The molecule has 0 spiro atoms. The Morgan fingerprint density at radius 1 is 0.875 bits per heavy atom. The van der Waals surface area contributed by atoms with Crippen LogP contribution in [0.5, 0.6) is 0 Å². The lowest BCUT2D eigenvalue weighted by Gasteiger charge is -1.99. The fourth-order valence-corrected chi connectivity index (χ4v) is 3.56. The number of aromatic nitrogens is 1. The molecule has 2 aromatic heterocycles. The Kier molecular flexibility index (Phi) is 2.31. The lowest BCUT2D eigenvalue weighted by Crippen LogP contribution is -1.77. The lowest BCUT2D eigenvalue weighted by atomic mass is 10.1. The largest absolute Gasteiger partial charge is 0.288 e. The van der Waals surface area contributed by atoms with Crippen molar-refractivity contribution in [1.29, 1.82) is 0 Å². The van der Waals surface area contributed by atoms with Crippen molar-refractivity contribution >= 4 is 32.1 Å². The van der Waals surface area contributed by atoms with Gasteiger partial charge in [0.2, 0.25) is 0 Å². The summed E-state index contributed by atoms with van der Waals surface area (Å²) in [5, 5.41) is 0. The molecule has 0 atom stereocenters. The Balaban J connectivity index is 2.22. The molecular weight excluding hydrogens is 238 g/mol. The van der Waals surface area contributed by atoms with Crippen molar-refractivity contribution in [1.82, 2.24) is 4.98 Å². The van der Waals surface area contributed by atoms with Crippen LogP contribution in [0.15, 0.2) is 47.5 Å². The van der Waals surface area contributed by atoms with E-state index in [0.717, 1.165) is 20.5 Å². The summed E-state index contributed by atoms with van der Waals surface area (Å²) >= 11 is 2.61. The van der Waals surface area contributed by atoms with E-state index >= 15 is 0 Å². The van der Waals surface area contributed by atoms with Crippen molar-refractivity contribution in [2.24, 2.45) is 0 Å². The molecule has 0 fully saturated rings. The molecule has 3 rings (SSSR count). The maximum atomic E-state index is 11.3. The van der Waals surface area contributed by atoms with Gasteiger partial charge in [-0.3, -0.25) is 9.78 Å². The fourth-order valence-electron chi connectivity index (χ4n) is 1.60. The lowest BCUT2D eigenvalue weighted by molar-refractivity contribution is 1.33. The first kappa shape index (κ1) is 9.69. The SMILES string of the molecule is O=c1sc2ccc(-c3ccncc3)cc2s1. The van der Waals surface area contributed by atoms with Gasteiger partial charge in [-0.15, -0.1) is 0 Å². The first-order chi connectivity index (χ1) is 7.83. The van der Waals surface area contributed by atoms with E-state index in [1.54, 1.807) is 12.4 Å². The standard InChI is InChI=1S/C12H7NOS2/c14-12-15-10-2-1-9(7-11(10)16-12)8-3-5-13-6-4-8/h1-7H. The van der Waals surface area contributed by atoms with Gasteiger partial charge in [-0.25, -0.2) is 0 Å².